The van der Waals surface area contributed by atoms with Crippen molar-refractivity contribution >= 4 is 17.7 Å². The van der Waals surface area contributed by atoms with E-state index in [4.69, 9.17) is 10.2 Å². The summed E-state index contributed by atoms with van der Waals surface area (Å²) in [5.41, 5.74) is 0.974. The van der Waals surface area contributed by atoms with Crippen molar-refractivity contribution in [3.05, 3.63) is 0 Å². The van der Waals surface area contributed by atoms with Gasteiger partial charge in [-0.3, -0.25) is 14.4 Å². The summed E-state index contributed by atoms with van der Waals surface area (Å²) >= 11 is 0. The van der Waals surface area contributed by atoms with Crippen molar-refractivity contribution in [1.29, 1.82) is 0 Å². The summed E-state index contributed by atoms with van der Waals surface area (Å²) in [6.07, 6.45) is 13.5. The largest absolute Gasteiger partial charge is 0.481 e. The molecule has 172 valence electrons. The highest BCUT2D eigenvalue weighted by Crippen LogP contribution is 2.67. The van der Waals surface area contributed by atoms with Crippen LogP contribution in [-0.2, 0) is 14.4 Å². The summed E-state index contributed by atoms with van der Waals surface area (Å²) in [5.74, 6) is 2.45. The smallest absolute Gasteiger partial charge is 0.303 e. The maximum Gasteiger partial charge on any atom is 0.303 e. The molecule has 0 aromatic heterocycles. The summed E-state index contributed by atoms with van der Waals surface area (Å²) < 4.78 is 0. The van der Waals surface area contributed by atoms with Crippen LogP contribution in [0, 0.1) is 40.4 Å². The predicted octanol–water partition coefficient (Wildman–Crippen LogP) is 5.81. The number of carbonyl (C=O) groups is 3. The van der Waals surface area contributed by atoms with E-state index in [9.17, 15) is 14.4 Å². The number of carbonyl (C=O) groups excluding carboxylic acids is 1. The molecule has 0 radical (unpaired) electrons. The third-order valence-electron chi connectivity index (χ3n) is 9.63. The molecular weight excluding hydrogens is 380 g/mol. The maximum absolute atomic E-state index is 12.2. The molecule has 5 heteroatoms. The summed E-state index contributed by atoms with van der Waals surface area (Å²) in [6.45, 7) is 6.97. The Morgan fingerprint density at radius 2 is 1.43 bits per heavy atom. The maximum atomic E-state index is 12.2. The van der Waals surface area contributed by atoms with Gasteiger partial charge in [-0.15, -0.1) is 0 Å². The first kappa shape index (κ1) is 23.3. The standard InChI is InChI=1S/C21H34O.C4H6O4.H2/c1-14(22)17-9-10-18-16-8-7-15-6-4-5-12-20(15,2)19(16)11-13-21(17,18)3;5-3(6)1-2-4(7)8;/h15-19H,4-13H2,1-3H3;1-2H2,(H,5,6)(H,7,8);1H/t15?,16?,17?,18?,19?,20-,21+;;/m0../s1. The van der Waals surface area contributed by atoms with E-state index in [1.807, 2.05) is 6.92 Å². The zero-order valence-corrected chi connectivity index (χ0v) is 19.0. The Morgan fingerprint density at radius 3 is 2.03 bits per heavy atom. The number of Topliss-reactive ketones (excluding diaryl/α,β-unsaturated/α-hetero) is 1. The number of hydrogen-bond acceptors (Lipinski definition) is 3. The predicted molar refractivity (Wildman–Crippen MR) is 117 cm³/mol. The fourth-order valence-corrected chi connectivity index (χ4v) is 8.18. The lowest BCUT2D eigenvalue weighted by Crippen LogP contribution is -2.53. The van der Waals surface area contributed by atoms with Crippen molar-refractivity contribution in [1.82, 2.24) is 0 Å². The van der Waals surface area contributed by atoms with Gasteiger partial charge in [-0.25, -0.2) is 0 Å². The Hall–Kier alpha value is -1.39. The minimum absolute atomic E-state index is 0. The van der Waals surface area contributed by atoms with E-state index in [1.54, 1.807) is 0 Å². The molecule has 0 aromatic carbocycles. The number of hydrogen-bond donors (Lipinski definition) is 2. The first-order valence-electron chi connectivity index (χ1n) is 12.0. The molecule has 0 amide bonds. The van der Waals surface area contributed by atoms with Gasteiger partial charge in [0.15, 0.2) is 0 Å². The molecule has 4 fully saturated rings. The molecule has 4 rings (SSSR count). The molecule has 0 heterocycles. The van der Waals surface area contributed by atoms with Gasteiger partial charge < -0.3 is 10.2 Å². The van der Waals surface area contributed by atoms with E-state index in [1.165, 1.54) is 64.2 Å². The molecule has 4 aliphatic carbocycles. The van der Waals surface area contributed by atoms with Crippen molar-refractivity contribution in [2.75, 3.05) is 0 Å². The van der Waals surface area contributed by atoms with Gasteiger partial charge in [0.2, 0.25) is 0 Å². The van der Waals surface area contributed by atoms with E-state index in [2.05, 4.69) is 13.8 Å². The lowest BCUT2D eigenvalue weighted by molar-refractivity contribution is -0.143. The second kappa shape index (κ2) is 9.00. The van der Waals surface area contributed by atoms with Crippen LogP contribution in [0.25, 0.3) is 0 Å². The third-order valence-corrected chi connectivity index (χ3v) is 9.63. The van der Waals surface area contributed by atoms with E-state index >= 15 is 0 Å². The lowest BCUT2D eigenvalue weighted by Gasteiger charge is -2.60. The summed E-state index contributed by atoms with van der Waals surface area (Å²) in [6, 6.07) is 0. The molecule has 0 bridgehead atoms. The topological polar surface area (TPSA) is 91.7 Å². The zero-order valence-electron chi connectivity index (χ0n) is 19.0. The van der Waals surface area contributed by atoms with Crippen LogP contribution < -0.4 is 0 Å². The van der Waals surface area contributed by atoms with Crippen LogP contribution in [0.4, 0.5) is 0 Å². The number of carboxylic acids is 2. The number of ketones is 1. The molecule has 0 saturated heterocycles. The van der Waals surface area contributed by atoms with Crippen molar-refractivity contribution < 1.29 is 26.0 Å². The SMILES string of the molecule is CC(=O)C1CCC2C3CCC4CCCC[C@]4(C)C3CC[C@]12C.O=C(O)CCC(=O)O.[HH]. The fourth-order valence-electron chi connectivity index (χ4n) is 8.18. The molecule has 5 nitrogen and oxygen atoms in total. The summed E-state index contributed by atoms with van der Waals surface area (Å²) in [4.78, 5) is 31.4. The second-order valence-corrected chi connectivity index (χ2v) is 11.0. The van der Waals surface area contributed by atoms with Crippen LogP contribution in [0.15, 0.2) is 0 Å². The normalized spacial score (nSPS) is 42.0. The Morgan fingerprint density at radius 1 is 0.800 bits per heavy atom. The van der Waals surface area contributed by atoms with Crippen LogP contribution >= 0.6 is 0 Å². The molecule has 0 aliphatic heterocycles. The molecule has 4 saturated carbocycles. The molecule has 30 heavy (non-hydrogen) atoms. The molecule has 0 spiro atoms. The average Bonchev–Trinajstić information content (AvgIpc) is 3.04. The highest BCUT2D eigenvalue weighted by molar-refractivity contribution is 5.79. The van der Waals surface area contributed by atoms with Gasteiger partial charge in [-0.05, 0) is 92.8 Å². The Labute approximate surface area is 182 Å². The Balaban J connectivity index is 0.000000329. The number of carboxylic acid groups (broad SMARTS) is 2. The third kappa shape index (κ3) is 4.31. The van der Waals surface area contributed by atoms with E-state index in [-0.39, 0.29) is 14.3 Å². The molecule has 0 aromatic rings. The highest BCUT2D eigenvalue weighted by Gasteiger charge is 2.60. The van der Waals surface area contributed by atoms with E-state index in [0.29, 0.717) is 22.5 Å². The van der Waals surface area contributed by atoms with Gasteiger partial charge >= 0.3 is 11.9 Å². The fraction of sp³-hybridized carbons (Fsp3) is 0.880. The number of rotatable bonds is 4. The van der Waals surface area contributed by atoms with Crippen molar-refractivity contribution in [3.8, 4) is 0 Å². The highest BCUT2D eigenvalue weighted by atomic mass is 16.4. The van der Waals surface area contributed by atoms with Crippen LogP contribution in [-0.4, -0.2) is 27.9 Å². The Kier molecular flexibility index (Phi) is 6.98. The van der Waals surface area contributed by atoms with Gasteiger partial charge in [0, 0.05) is 7.34 Å². The second-order valence-electron chi connectivity index (χ2n) is 11.0. The minimum atomic E-state index is -1.08. The Bertz CT molecular complexity index is 665. The molecule has 4 aliphatic rings. The van der Waals surface area contributed by atoms with Crippen LogP contribution in [0.1, 0.15) is 99.2 Å². The molecular formula is C25H42O5. The van der Waals surface area contributed by atoms with Crippen molar-refractivity contribution in [2.24, 2.45) is 40.4 Å². The van der Waals surface area contributed by atoms with Crippen molar-refractivity contribution in [2.45, 2.75) is 97.8 Å². The summed E-state index contributed by atoms with van der Waals surface area (Å²) in [5, 5.41) is 15.8. The van der Waals surface area contributed by atoms with Gasteiger partial charge in [0.1, 0.15) is 5.78 Å². The zero-order chi connectivity index (χ0) is 22.1. The first-order valence-corrected chi connectivity index (χ1v) is 12.0. The lowest BCUT2D eigenvalue weighted by atomic mass is 9.45. The minimum Gasteiger partial charge on any atom is -0.481 e. The van der Waals surface area contributed by atoms with E-state index in [0.717, 1.165) is 23.7 Å². The van der Waals surface area contributed by atoms with Gasteiger partial charge in [0.05, 0.1) is 12.8 Å². The molecule has 2 N–H and O–H groups in total. The quantitative estimate of drug-likeness (QED) is 0.597. The summed E-state index contributed by atoms with van der Waals surface area (Å²) in [7, 11) is 0. The van der Waals surface area contributed by atoms with Crippen LogP contribution in [0.5, 0.6) is 0 Å². The van der Waals surface area contributed by atoms with E-state index < -0.39 is 11.9 Å². The first-order chi connectivity index (χ1) is 14.1. The monoisotopic (exact) mass is 422 g/mol. The van der Waals surface area contributed by atoms with Gasteiger partial charge in [-0.2, -0.15) is 0 Å². The van der Waals surface area contributed by atoms with Crippen LogP contribution in [0.2, 0.25) is 0 Å². The van der Waals surface area contributed by atoms with Gasteiger partial charge in [0.25, 0.3) is 0 Å². The molecule has 5 unspecified atom stereocenters. The average molecular weight is 423 g/mol. The van der Waals surface area contributed by atoms with Crippen LogP contribution in [0.3, 0.4) is 0 Å². The molecule has 7 atom stereocenters. The van der Waals surface area contributed by atoms with Gasteiger partial charge in [-0.1, -0.05) is 26.7 Å². The number of fused-ring (bicyclic) bond motifs is 5. The number of aliphatic carboxylic acids is 2. The van der Waals surface area contributed by atoms with Crippen molar-refractivity contribution in [3.63, 3.8) is 0 Å².